The summed E-state index contributed by atoms with van der Waals surface area (Å²) in [5, 5.41) is 17.3. The van der Waals surface area contributed by atoms with Crippen molar-refractivity contribution < 1.29 is 19.8 Å². The van der Waals surface area contributed by atoms with Crippen LogP contribution in [0.2, 0.25) is 0 Å². The summed E-state index contributed by atoms with van der Waals surface area (Å²) in [5.41, 5.74) is -0.641. The normalized spacial score (nSPS) is 18.8. The van der Waals surface area contributed by atoms with Crippen molar-refractivity contribution in [1.29, 1.82) is 0 Å². The molecule has 0 aliphatic heterocycles. The molecule has 13 heavy (non-hydrogen) atoms. The summed E-state index contributed by atoms with van der Waals surface area (Å²) in [7, 11) is 0. The van der Waals surface area contributed by atoms with Gasteiger partial charge in [-0.05, 0) is 12.8 Å². The van der Waals surface area contributed by atoms with Crippen LogP contribution < -0.4 is 0 Å². The van der Waals surface area contributed by atoms with Crippen LogP contribution in [0.4, 0.5) is 0 Å². The molecule has 0 radical (unpaired) electrons. The highest BCUT2D eigenvalue weighted by Gasteiger charge is 2.34. The Hall–Kier alpha value is -1.32. The number of rotatable bonds is 4. The van der Waals surface area contributed by atoms with E-state index < -0.39 is 17.4 Å². The van der Waals surface area contributed by atoms with Crippen molar-refractivity contribution in [2.45, 2.75) is 25.7 Å². The van der Waals surface area contributed by atoms with Crippen LogP contribution in [0.15, 0.2) is 12.2 Å². The van der Waals surface area contributed by atoms with Crippen molar-refractivity contribution in [2.75, 3.05) is 0 Å². The molecular weight excluding hydrogens is 172 g/mol. The number of carboxylic acids is 2. The van der Waals surface area contributed by atoms with Gasteiger partial charge in [-0.3, -0.25) is 9.59 Å². The lowest BCUT2D eigenvalue weighted by molar-refractivity contribution is -0.142. The highest BCUT2D eigenvalue weighted by molar-refractivity contribution is 5.72. The lowest BCUT2D eigenvalue weighted by Crippen LogP contribution is -2.23. The fraction of sp³-hybridized carbons (Fsp3) is 0.556. The molecule has 4 nitrogen and oxygen atoms in total. The van der Waals surface area contributed by atoms with Crippen LogP contribution in [0.25, 0.3) is 0 Å². The number of hydrogen-bond acceptors (Lipinski definition) is 2. The van der Waals surface area contributed by atoms with E-state index >= 15 is 0 Å². The number of allylic oxidation sites excluding steroid dienone is 2. The van der Waals surface area contributed by atoms with Crippen molar-refractivity contribution in [2.24, 2.45) is 5.41 Å². The molecule has 0 aromatic rings. The van der Waals surface area contributed by atoms with Crippen LogP contribution in [0.5, 0.6) is 0 Å². The molecule has 72 valence electrons. The standard InChI is InChI=1S/C9H12O4/c10-7(11)5-9(6-8(12)13)3-1-2-4-9/h1,3H,2,4-6H2,(H,10,11)(H,12,13). The molecule has 0 aromatic heterocycles. The molecule has 0 aromatic carbocycles. The predicted molar refractivity (Wildman–Crippen MR) is 45.3 cm³/mol. The summed E-state index contributed by atoms with van der Waals surface area (Å²) >= 11 is 0. The Morgan fingerprint density at radius 1 is 1.23 bits per heavy atom. The van der Waals surface area contributed by atoms with Gasteiger partial charge < -0.3 is 10.2 Å². The molecule has 0 saturated heterocycles. The molecule has 0 heterocycles. The summed E-state index contributed by atoms with van der Waals surface area (Å²) in [5.74, 6) is -1.87. The van der Waals surface area contributed by atoms with Crippen LogP contribution in [0.1, 0.15) is 25.7 Å². The zero-order valence-electron chi connectivity index (χ0n) is 7.19. The Labute approximate surface area is 75.9 Å². The molecule has 1 aliphatic carbocycles. The van der Waals surface area contributed by atoms with Gasteiger partial charge in [0.25, 0.3) is 0 Å². The monoisotopic (exact) mass is 184 g/mol. The quantitative estimate of drug-likeness (QED) is 0.645. The minimum absolute atomic E-state index is 0.0875. The molecule has 1 rings (SSSR count). The maximum atomic E-state index is 10.5. The Morgan fingerprint density at radius 2 is 1.77 bits per heavy atom. The Balaban J connectivity index is 2.69. The predicted octanol–water partition coefficient (Wildman–Crippen LogP) is 1.27. The van der Waals surface area contributed by atoms with E-state index in [1.54, 1.807) is 6.08 Å². The van der Waals surface area contributed by atoms with Crippen LogP contribution in [0, 0.1) is 5.41 Å². The zero-order valence-corrected chi connectivity index (χ0v) is 7.19. The van der Waals surface area contributed by atoms with Crippen LogP contribution in [-0.2, 0) is 9.59 Å². The van der Waals surface area contributed by atoms with Crippen LogP contribution >= 0.6 is 0 Å². The molecular formula is C9H12O4. The average Bonchev–Trinajstić information content (AvgIpc) is 2.33. The lowest BCUT2D eigenvalue weighted by atomic mass is 9.81. The lowest BCUT2D eigenvalue weighted by Gasteiger charge is -2.22. The van der Waals surface area contributed by atoms with Crippen molar-refractivity contribution >= 4 is 11.9 Å². The van der Waals surface area contributed by atoms with Gasteiger partial charge in [0.1, 0.15) is 0 Å². The molecule has 0 atom stereocenters. The molecule has 0 unspecified atom stereocenters. The second-order valence-corrected chi connectivity index (χ2v) is 3.44. The summed E-state index contributed by atoms with van der Waals surface area (Å²) in [6.45, 7) is 0. The SMILES string of the molecule is O=C(O)CC1(CC(=O)O)C=CCC1. The second-order valence-electron chi connectivity index (χ2n) is 3.44. The van der Waals surface area contributed by atoms with Gasteiger partial charge in [0, 0.05) is 5.41 Å². The molecule has 2 N–H and O–H groups in total. The summed E-state index contributed by atoms with van der Waals surface area (Å²) in [6.07, 6.45) is 4.82. The van der Waals surface area contributed by atoms with Crippen LogP contribution in [0.3, 0.4) is 0 Å². The number of carboxylic acid groups (broad SMARTS) is 2. The van der Waals surface area contributed by atoms with E-state index in [1.165, 1.54) is 0 Å². The van der Waals surface area contributed by atoms with Gasteiger partial charge in [-0.25, -0.2) is 0 Å². The third-order valence-electron chi connectivity index (χ3n) is 2.29. The first-order valence-corrected chi connectivity index (χ1v) is 4.15. The molecule has 1 aliphatic rings. The van der Waals surface area contributed by atoms with E-state index in [-0.39, 0.29) is 12.8 Å². The highest BCUT2D eigenvalue weighted by Crippen LogP contribution is 2.38. The Bertz CT molecular complexity index is 238. The number of aliphatic carboxylic acids is 2. The van der Waals surface area contributed by atoms with Gasteiger partial charge >= 0.3 is 11.9 Å². The molecule has 0 amide bonds. The molecule has 0 saturated carbocycles. The van der Waals surface area contributed by atoms with Crippen LogP contribution in [-0.4, -0.2) is 22.2 Å². The van der Waals surface area contributed by atoms with Crippen molar-refractivity contribution in [3.8, 4) is 0 Å². The topological polar surface area (TPSA) is 74.6 Å². The van der Waals surface area contributed by atoms with E-state index in [2.05, 4.69) is 0 Å². The number of carbonyl (C=O) groups is 2. The first-order chi connectivity index (χ1) is 6.04. The van der Waals surface area contributed by atoms with Gasteiger partial charge in [0.15, 0.2) is 0 Å². The van der Waals surface area contributed by atoms with E-state index in [0.717, 1.165) is 6.42 Å². The second kappa shape index (κ2) is 3.60. The zero-order chi connectivity index (χ0) is 9.90. The fourth-order valence-corrected chi connectivity index (χ4v) is 1.75. The molecule has 4 heteroatoms. The van der Waals surface area contributed by atoms with Gasteiger partial charge in [-0.2, -0.15) is 0 Å². The van der Waals surface area contributed by atoms with Gasteiger partial charge in [0.05, 0.1) is 12.8 Å². The van der Waals surface area contributed by atoms with E-state index in [0.29, 0.717) is 6.42 Å². The van der Waals surface area contributed by atoms with Crippen molar-refractivity contribution in [3.63, 3.8) is 0 Å². The average molecular weight is 184 g/mol. The van der Waals surface area contributed by atoms with Gasteiger partial charge in [0.2, 0.25) is 0 Å². The highest BCUT2D eigenvalue weighted by atomic mass is 16.4. The minimum Gasteiger partial charge on any atom is -0.481 e. The molecule has 0 spiro atoms. The maximum Gasteiger partial charge on any atom is 0.304 e. The molecule has 0 bridgehead atoms. The van der Waals surface area contributed by atoms with E-state index in [4.69, 9.17) is 10.2 Å². The number of hydrogen-bond donors (Lipinski definition) is 2. The van der Waals surface area contributed by atoms with E-state index in [9.17, 15) is 9.59 Å². The Kier molecular flexibility index (Phi) is 2.70. The van der Waals surface area contributed by atoms with Crippen molar-refractivity contribution in [1.82, 2.24) is 0 Å². The smallest absolute Gasteiger partial charge is 0.304 e. The third-order valence-corrected chi connectivity index (χ3v) is 2.29. The van der Waals surface area contributed by atoms with Crippen molar-refractivity contribution in [3.05, 3.63) is 12.2 Å². The first-order valence-electron chi connectivity index (χ1n) is 4.15. The largest absolute Gasteiger partial charge is 0.481 e. The first kappa shape index (κ1) is 9.77. The summed E-state index contributed by atoms with van der Waals surface area (Å²) in [6, 6.07) is 0. The Morgan fingerprint density at radius 3 is 2.08 bits per heavy atom. The van der Waals surface area contributed by atoms with E-state index in [1.807, 2.05) is 6.08 Å². The molecule has 0 fully saturated rings. The van der Waals surface area contributed by atoms with Gasteiger partial charge in [-0.15, -0.1) is 0 Å². The fourth-order valence-electron chi connectivity index (χ4n) is 1.75. The van der Waals surface area contributed by atoms with Gasteiger partial charge in [-0.1, -0.05) is 12.2 Å². The maximum absolute atomic E-state index is 10.5. The summed E-state index contributed by atoms with van der Waals surface area (Å²) < 4.78 is 0. The minimum atomic E-state index is -0.937. The summed E-state index contributed by atoms with van der Waals surface area (Å²) in [4.78, 5) is 21.0. The third kappa shape index (κ3) is 2.57.